The van der Waals surface area contributed by atoms with Crippen molar-refractivity contribution < 1.29 is 0 Å². The average molecular weight is 219 g/mol. The van der Waals surface area contributed by atoms with Crippen LogP contribution in [-0.2, 0) is 0 Å². The summed E-state index contributed by atoms with van der Waals surface area (Å²) in [4.78, 5) is 4.58. The number of nitrogens with one attached hydrogen (secondary N) is 1. The molecule has 3 nitrogen and oxygen atoms in total. The Morgan fingerprint density at radius 1 is 1.44 bits per heavy atom. The van der Waals surface area contributed by atoms with Crippen molar-refractivity contribution in [2.24, 2.45) is 11.8 Å². The van der Waals surface area contributed by atoms with Crippen LogP contribution in [0.5, 0.6) is 0 Å². The van der Waals surface area contributed by atoms with Gasteiger partial charge in [-0.25, -0.2) is 4.98 Å². The van der Waals surface area contributed by atoms with Crippen molar-refractivity contribution in [3.8, 4) is 0 Å². The topological polar surface area (TPSA) is 29.9 Å². The molecule has 3 rings (SSSR count). The summed E-state index contributed by atoms with van der Waals surface area (Å²) < 4.78 is 2.41. The van der Waals surface area contributed by atoms with Crippen molar-refractivity contribution in [3.05, 3.63) is 11.9 Å². The van der Waals surface area contributed by atoms with Crippen LogP contribution in [0.2, 0.25) is 0 Å². The van der Waals surface area contributed by atoms with Crippen LogP contribution in [0.1, 0.15) is 44.3 Å². The van der Waals surface area contributed by atoms with Crippen molar-refractivity contribution in [2.45, 2.75) is 45.6 Å². The number of nitrogens with zero attached hydrogens (tertiary/aromatic N) is 2. The Morgan fingerprint density at radius 3 is 2.94 bits per heavy atom. The van der Waals surface area contributed by atoms with E-state index in [2.05, 4.69) is 34.9 Å². The van der Waals surface area contributed by atoms with E-state index in [4.69, 9.17) is 0 Å². The van der Waals surface area contributed by atoms with Crippen LogP contribution < -0.4 is 5.32 Å². The molecular weight excluding hydrogens is 198 g/mol. The first-order valence-corrected chi connectivity index (χ1v) is 6.57. The van der Waals surface area contributed by atoms with Crippen molar-refractivity contribution in [3.63, 3.8) is 0 Å². The smallest absolute Gasteiger partial charge is 0.203 e. The third kappa shape index (κ3) is 1.53. The first kappa shape index (κ1) is 10.2. The molecule has 0 saturated heterocycles. The monoisotopic (exact) mass is 219 g/mol. The van der Waals surface area contributed by atoms with E-state index in [1.54, 1.807) is 0 Å². The molecule has 2 aliphatic carbocycles. The Labute approximate surface area is 97.3 Å². The molecule has 0 aliphatic heterocycles. The highest BCUT2D eigenvalue weighted by atomic mass is 15.2. The minimum atomic E-state index is 0.717. The molecule has 3 heteroatoms. The summed E-state index contributed by atoms with van der Waals surface area (Å²) in [5.74, 6) is 2.99. The van der Waals surface area contributed by atoms with E-state index >= 15 is 0 Å². The zero-order valence-electron chi connectivity index (χ0n) is 10.2. The van der Waals surface area contributed by atoms with Crippen molar-refractivity contribution >= 4 is 5.95 Å². The summed E-state index contributed by atoms with van der Waals surface area (Å²) in [6.07, 6.45) is 7.94. The zero-order valence-corrected chi connectivity index (χ0v) is 10.2. The molecule has 1 N–H and O–H groups in total. The highest BCUT2D eigenvalue weighted by Crippen LogP contribution is 2.51. The molecule has 2 aliphatic rings. The summed E-state index contributed by atoms with van der Waals surface area (Å²) >= 11 is 0. The molecule has 2 saturated carbocycles. The van der Waals surface area contributed by atoms with Crippen LogP contribution in [0.4, 0.5) is 5.95 Å². The Balaban J connectivity index is 1.88. The maximum Gasteiger partial charge on any atom is 0.203 e. The molecular formula is C13H21N3. The molecule has 88 valence electrons. The van der Waals surface area contributed by atoms with Gasteiger partial charge in [-0.1, -0.05) is 6.42 Å². The van der Waals surface area contributed by atoms with Gasteiger partial charge in [0.1, 0.15) is 0 Å². The second-order valence-electron chi connectivity index (χ2n) is 5.39. The van der Waals surface area contributed by atoms with Gasteiger partial charge in [-0.15, -0.1) is 0 Å². The number of hydrogen-bond donors (Lipinski definition) is 1. The number of aromatic nitrogens is 2. The van der Waals surface area contributed by atoms with Crippen molar-refractivity contribution in [2.75, 3.05) is 11.9 Å². The first-order chi connectivity index (χ1) is 7.78. The average Bonchev–Trinajstić information content (AvgIpc) is 2.92. The van der Waals surface area contributed by atoms with Gasteiger partial charge < -0.3 is 9.88 Å². The second-order valence-corrected chi connectivity index (χ2v) is 5.39. The van der Waals surface area contributed by atoms with Gasteiger partial charge in [0.15, 0.2) is 0 Å². The van der Waals surface area contributed by atoms with Crippen LogP contribution in [0.15, 0.2) is 6.20 Å². The Bertz CT molecular complexity index is 383. The van der Waals surface area contributed by atoms with Gasteiger partial charge in [0.05, 0.1) is 5.69 Å². The maximum atomic E-state index is 4.58. The number of anilines is 1. The molecule has 3 unspecified atom stereocenters. The van der Waals surface area contributed by atoms with Gasteiger partial charge >= 0.3 is 0 Å². The molecule has 2 bridgehead atoms. The van der Waals surface area contributed by atoms with Crippen LogP contribution in [0.3, 0.4) is 0 Å². The Morgan fingerprint density at radius 2 is 2.31 bits per heavy atom. The van der Waals surface area contributed by atoms with Crippen LogP contribution in [0.25, 0.3) is 0 Å². The standard InChI is InChI=1S/C13H21N3/c1-3-14-13-15-9(2)8-16(13)12-7-10-4-5-11(12)6-10/h8,10-12H,3-7H2,1-2H3,(H,14,15). The SMILES string of the molecule is CCNc1nc(C)cn1C1CC2CCC1C2. The minimum Gasteiger partial charge on any atom is -0.356 e. The van der Waals surface area contributed by atoms with Gasteiger partial charge in [-0.05, 0) is 44.9 Å². The Kier molecular flexibility index (Phi) is 2.41. The molecule has 0 amide bonds. The minimum absolute atomic E-state index is 0.717. The van der Waals surface area contributed by atoms with Gasteiger partial charge in [-0.3, -0.25) is 0 Å². The number of imidazole rings is 1. The molecule has 1 aromatic heterocycles. The highest BCUT2D eigenvalue weighted by molar-refractivity contribution is 5.30. The molecule has 1 aromatic rings. The van der Waals surface area contributed by atoms with Crippen molar-refractivity contribution in [1.29, 1.82) is 0 Å². The van der Waals surface area contributed by atoms with Gasteiger partial charge in [0, 0.05) is 18.8 Å². The highest BCUT2D eigenvalue weighted by Gasteiger charge is 2.41. The molecule has 3 atom stereocenters. The summed E-state index contributed by atoms with van der Waals surface area (Å²) in [7, 11) is 0. The zero-order chi connectivity index (χ0) is 11.1. The van der Waals surface area contributed by atoms with Gasteiger partial charge in [-0.2, -0.15) is 0 Å². The van der Waals surface area contributed by atoms with E-state index < -0.39 is 0 Å². The number of aryl methyl sites for hydroxylation is 1. The fourth-order valence-corrected chi connectivity index (χ4v) is 3.61. The van der Waals surface area contributed by atoms with Crippen LogP contribution in [0, 0.1) is 18.8 Å². The molecule has 0 aromatic carbocycles. The lowest BCUT2D eigenvalue weighted by atomic mass is 9.95. The summed E-state index contributed by atoms with van der Waals surface area (Å²) in [6, 6.07) is 0.717. The summed E-state index contributed by atoms with van der Waals surface area (Å²) in [5.41, 5.74) is 1.14. The van der Waals surface area contributed by atoms with Crippen molar-refractivity contribution in [1.82, 2.24) is 9.55 Å². The summed E-state index contributed by atoms with van der Waals surface area (Å²) in [6.45, 7) is 5.18. The fourth-order valence-electron chi connectivity index (χ4n) is 3.61. The number of hydrogen-bond acceptors (Lipinski definition) is 2. The molecule has 2 fully saturated rings. The van der Waals surface area contributed by atoms with Crippen LogP contribution >= 0.6 is 0 Å². The van der Waals surface area contributed by atoms with Crippen LogP contribution in [-0.4, -0.2) is 16.1 Å². The van der Waals surface area contributed by atoms with Gasteiger partial charge in [0.2, 0.25) is 5.95 Å². The fraction of sp³-hybridized carbons (Fsp3) is 0.769. The predicted molar refractivity (Wildman–Crippen MR) is 65.6 cm³/mol. The Hall–Kier alpha value is -0.990. The summed E-state index contributed by atoms with van der Waals surface area (Å²) in [5, 5.41) is 3.39. The normalized spacial score (nSPS) is 32.2. The second kappa shape index (κ2) is 3.79. The lowest BCUT2D eigenvalue weighted by molar-refractivity contribution is 0.332. The first-order valence-electron chi connectivity index (χ1n) is 6.57. The largest absolute Gasteiger partial charge is 0.356 e. The molecule has 16 heavy (non-hydrogen) atoms. The maximum absolute atomic E-state index is 4.58. The quantitative estimate of drug-likeness (QED) is 0.847. The van der Waals surface area contributed by atoms with E-state index in [0.717, 1.165) is 30.0 Å². The van der Waals surface area contributed by atoms with E-state index in [0.29, 0.717) is 6.04 Å². The van der Waals surface area contributed by atoms with E-state index in [1.165, 1.54) is 25.7 Å². The molecule has 1 heterocycles. The lowest BCUT2D eigenvalue weighted by Gasteiger charge is -2.24. The third-order valence-corrected chi connectivity index (χ3v) is 4.25. The number of fused-ring (bicyclic) bond motifs is 2. The van der Waals surface area contributed by atoms with Gasteiger partial charge in [0.25, 0.3) is 0 Å². The van der Waals surface area contributed by atoms with E-state index in [-0.39, 0.29) is 0 Å². The molecule has 0 spiro atoms. The third-order valence-electron chi connectivity index (χ3n) is 4.25. The van der Waals surface area contributed by atoms with E-state index in [1.807, 2.05) is 0 Å². The number of rotatable bonds is 3. The lowest BCUT2D eigenvalue weighted by Crippen LogP contribution is -2.18. The predicted octanol–water partition coefficient (Wildman–Crippen LogP) is 2.98. The van der Waals surface area contributed by atoms with E-state index in [9.17, 15) is 0 Å². The molecule has 0 radical (unpaired) electrons.